The number of benzene rings is 1. The van der Waals surface area contributed by atoms with Crippen LogP contribution in [0, 0.1) is 0 Å². The number of rotatable bonds is 2. The van der Waals surface area contributed by atoms with Crippen LogP contribution in [0.3, 0.4) is 0 Å². The molecule has 1 aliphatic carbocycles. The molecule has 1 N–H and O–H groups in total. The molecule has 120 valence electrons. The lowest BCUT2D eigenvalue weighted by Crippen LogP contribution is -2.58. The second-order valence-electron chi connectivity index (χ2n) is 5.81. The third-order valence-electron chi connectivity index (χ3n) is 4.28. The van der Waals surface area contributed by atoms with Gasteiger partial charge in [-0.25, -0.2) is 4.79 Å². The Labute approximate surface area is 139 Å². The van der Waals surface area contributed by atoms with Gasteiger partial charge in [0.2, 0.25) is 0 Å². The molecule has 0 unspecified atom stereocenters. The van der Waals surface area contributed by atoms with E-state index in [0.717, 1.165) is 32.1 Å². The number of urea groups is 1. The molecule has 1 saturated heterocycles. The van der Waals surface area contributed by atoms with Crippen LogP contribution < -0.4 is 5.32 Å². The Kier molecular flexibility index (Phi) is 4.48. The van der Waals surface area contributed by atoms with Crippen LogP contribution in [-0.4, -0.2) is 28.8 Å². The summed E-state index contributed by atoms with van der Waals surface area (Å²) >= 11 is 6.08. The third kappa shape index (κ3) is 3.15. The maximum absolute atomic E-state index is 12.7. The Morgan fingerprint density at radius 3 is 2.48 bits per heavy atom. The number of barbiturate groups is 1. The van der Waals surface area contributed by atoms with Crippen LogP contribution in [-0.2, 0) is 9.59 Å². The average Bonchev–Trinajstić information content (AvgIpc) is 2.54. The quantitative estimate of drug-likeness (QED) is 0.668. The number of carbonyl (C=O) groups excluding carboxylic acids is 3. The van der Waals surface area contributed by atoms with E-state index in [2.05, 4.69) is 5.32 Å². The summed E-state index contributed by atoms with van der Waals surface area (Å²) in [6.07, 6.45) is 6.10. The van der Waals surface area contributed by atoms with Gasteiger partial charge in [-0.15, -0.1) is 0 Å². The van der Waals surface area contributed by atoms with Crippen LogP contribution >= 0.6 is 11.6 Å². The van der Waals surface area contributed by atoms with Gasteiger partial charge in [0, 0.05) is 11.1 Å². The SMILES string of the molecule is O=C1NC(=O)N(C2CCCCC2)C(=O)/C1=C\c1ccccc1Cl. The largest absolute Gasteiger partial charge is 0.331 e. The lowest BCUT2D eigenvalue weighted by molar-refractivity contribution is -0.132. The van der Waals surface area contributed by atoms with E-state index in [-0.39, 0.29) is 11.6 Å². The van der Waals surface area contributed by atoms with E-state index in [4.69, 9.17) is 11.6 Å². The predicted octanol–water partition coefficient (Wildman–Crippen LogP) is 3.13. The molecule has 1 aliphatic heterocycles. The standard InChI is InChI=1S/C17H17ClN2O3/c18-14-9-5-4-6-11(14)10-13-15(21)19-17(23)20(16(13)22)12-7-2-1-3-8-12/h4-6,9-10,12H,1-3,7-8H2,(H,19,21,23)/b13-10-. The van der Waals surface area contributed by atoms with Gasteiger partial charge in [-0.2, -0.15) is 0 Å². The smallest absolute Gasteiger partial charge is 0.273 e. The molecule has 3 rings (SSSR count). The van der Waals surface area contributed by atoms with Crippen LogP contribution in [0.15, 0.2) is 29.8 Å². The fourth-order valence-corrected chi connectivity index (χ4v) is 3.28. The third-order valence-corrected chi connectivity index (χ3v) is 4.62. The van der Waals surface area contributed by atoms with Gasteiger partial charge in [0.25, 0.3) is 11.8 Å². The molecule has 1 saturated carbocycles. The first-order valence-corrected chi connectivity index (χ1v) is 8.11. The molecular formula is C17H17ClN2O3. The molecule has 5 nitrogen and oxygen atoms in total. The van der Waals surface area contributed by atoms with Crippen LogP contribution in [0.4, 0.5) is 4.79 Å². The summed E-state index contributed by atoms with van der Waals surface area (Å²) in [4.78, 5) is 38.1. The maximum Gasteiger partial charge on any atom is 0.331 e. The van der Waals surface area contributed by atoms with E-state index in [1.807, 2.05) is 0 Å². The van der Waals surface area contributed by atoms with Crippen molar-refractivity contribution in [2.75, 3.05) is 0 Å². The van der Waals surface area contributed by atoms with E-state index in [0.29, 0.717) is 10.6 Å². The van der Waals surface area contributed by atoms with Crippen molar-refractivity contribution < 1.29 is 14.4 Å². The average molecular weight is 333 g/mol. The molecule has 1 heterocycles. The Hall–Kier alpha value is -2.14. The van der Waals surface area contributed by atoms with Gasteiger partial charge >= 0.3 is 6.03 Å². The first-order chi connectivity index (χ1) is 11.1. The van der Waals surface area contributed by atoms with Crippen molar-refractivity contribution in [3.8, 4) is 0 Å². The topological polar surface area (TPSA) is 66.5 Å². The van der Waals surface area contributed by atoms with Crippen molar-refractivity contribution in [1.29, 1.82) is 0 Å². The Morgan fingerprint density at radius 1 is 1.09 bits per heavy atom. The zero-order valence-electron chi connectivity index (χ0n) is 12.5. The maximum atomic E-state index is 12.7. The molecule has 23 heavy (non-hydrogen) atoms. The molecule has 0 atom stereocenters. The second-order valence-corrected chi connectivity index (χ2v) is 6.21. The Balaban J connectivity index is 1.93. The normalized spacial score (nSPS) is 21.7. The summed E-state index contributed by atoms with van der Waals surface area (Å²) in [5.74, 6) is -1.21. The monoisotopic (exact) mass is 332 g/mol. The molecule has 0 radical (unpaired) electrons. The first-order valence-electron chi connectivity index (χ1n) is 7.73. The number of amides is 4. The van der Waals surface area contributed by atoms with Crippen molar-refractivity contribution in [2.24, 2.45) is 0 Å². The molecule has 1 aromatic rings. The second kappa shape index (κ2) is 6.54. The zero-order valence-corrected chi connectivity index (χ0v) is 13.3. The van der Waals surface area contributed by atoms with Crippen molar-refractivity contribution in [1.82, 2.24) is 10.2 Å². The van der Waals surface area contributed by atoms with Crippen LogP contribution in [0.25, 0.3) is 6.08 Å². The van der Waals surface area contributed by atoms with Crippen LogP contribution in [0.2, 0.25) is 5.02 Å². The molecule has 6 heteroatoms. The summed E-state index contributed by atoms with van der Waals surface area (Å²) in [6.45, 7) is 0. The van der Waals surface area contributed by atoms with Crippen molar-refractivity contribution in [2.45, 2.75) is 38.1 Å². The molecule has 0 aromatic heterocycles. The van der Waals surface area contributed by atoms with Gasteiger partial charge in [0.05, 0.1) is 0 Å². The van der Waals surface area contributed by atoms with Crippen molar-refractivity contribution >= 4 is 35.5 Å². The van der Waals surface area contributed by atoms with Crippen LogP contribution in [0.5, 0.6) is 0 Å². The molecule has 0 bridgehead atoms. The minimum Gasteiger partial charge on any atom is -0.273 e. The zero-order chi connectivity index (χ0) is 16.4. The molecule has 2 aliphatic rings. The van der Waals surface area contributed by atoms with Gasteiger partial charge in [0.15, 0.2) is 0 Å². The Bertz CT molecular complexity index is 693. The molecule has 2 fully saturated rings. The summed E-state index contributed by atoms with van der Waals surface area (Å²) < 4.78 is 0. The fourth-order valence-electron chi connectivity index (χ4n) is 3.09. The summed E-state index contributed by atoms with van der Waals surface area (Å²) in [6, 6.07) is 6.18. The summed E-state index contributed by atoms with van der Waals surface area (Å²) in [5.41, 5.74) is 0.522. The number of carbonyl (C=O) groups is 3. The van der Waals surface area contributed by atoms with Gasteiger partial charge in [-0.3, -0.25) is 19.8 Å². The summed E-state index contributed by atoms with van der Waals surface area (Å²) in [7, 11) is 0. The Morgan fingerprint density at radius 2 is 1.78 bits per heavy atom. The highest BCUT2D eigenvalue weighted by Gasteiger charge is 2.40. The van der Waals surface area contributed by atoms with Gasteiger partial charge in [-0.1, -0.05) is 49.1 Å². The lowest BCUT2D eigenvalue weighted by atomic mass is 9.93. The molecule has 1 aromatic carbocycles. The lowest BCUT2D eigenvalue weighted by Gasteiger charge is -2.35. The minimum absolute atomic E-state index is 0.0525. The summed E-state index contributed by atoms with van der Waals surface area (Å²) in [5, 5.41) is 2.71. The van der Waals surface area contributed by atoms with Crippen molar-refractivity contribution in [3.63, 3.8) is 0 Å². The first kappa shape index (κ1) is 15.7. The predicted molar refractivity (Wildman–Crippen MR) is 86.7 cm³/mol. The number of halogens is 1. The van der Waals surface area contributed by atoms with E-state index < -0.39 is 17.8 Å². The fraction of sp³-hybridized carbons (Fsp3) is 0.353. The number of imide groups is 2. The van der Waals surface area contributed by atoms with Gasteiger partial charge in [0.1, 0.15) is 5.57 Å². The van der Waals surface area contributed by atoms with E-state index >= 15 is 0 Å². The molecule has 0 spiro atoms. The van der Waals surface area contributed by atoms with E-state index in [1.165, 1.54) is 11.0 Å². The molecular weight excluding hydrogens is 316 g/mol. The number of hydrogen-bond donors (Lipinski definition) is 1. The van der Waals surface area contributed by atoms with Crippen molar-refractivity contribution in [3.05, 3.63) is 40.4 Å². The number of hydrogen-bond acceptors (Lipinski definition) is 3. The van der Waals surface area contributed by atoms with Gasteiger partial charge in [-0.05, 0) is 30.5 Å². The minimum atomic E-state index is -0.674. The highest BCUT2D eigenvalue weighted by Crippen LogP contribution is 2.27. The van der Waals surface area contributed by atoms with E-state index in [1.54, 1.807) is 24.3 Å². The highest BCUT2D eigenvalue weighted by atomic mass is 35.5. The van der Waals surface area contributed by atoms with E-state index in [9.17, 15) is 14.4 Å². The molecule has 4 amide bonds. The number of nitrogens with zero attached hydrogens (tertiary/aromatic N) is 1. The van der Waals surface area contributed by atoms with Gasteiger partial charge < -0.3 is 0 Å². The number of nitrogens with one attached hydrogen (secondary N) is 1. The van der Waals surface area contributed by atoms with Crippen LogP contribution in [0.1, 0.15) is 37.7 Å². The highest BCUT2D eigenvalue weighted by molar-refractivity contribution is 6.34.